The molecule has 0 aromatic rings. The van der Waals surface area contributed by atoms with E-state index in [1.807, 2.05) is 0 Å². The number of alkyl halides is 2. The van der Waals surface area contributed by atoms with Crippen LogP contribution in [0.15, 0.2) is 35.1 Å². The SMILES string of the molecule is COC1=CC(=O)C2=C(/C=C/C[C@H](O)[C@H](O)C(=O)CCC[C@H](C)OC2=O)C1(F)F. The molecule has 9 heteroatoms. The van der Waals surface area contributed by atoms with Crippen LogP contribution in [0.1, 0.15) is 32.6 Å². The zero-order chi connectivity index (χ0) is 21.1. The number of Topliss-reactive ketones (excluding diaryl/α,β-unsaturated/α-hetero) is 1. The first-order chi connectivity index (χ1) is 13.1. The van der Waals surface area contributed by atoms with Gasteiger partial charge in [0.25, 0.3) is 0 Å². The van der Waals surface area contributed by atoms with Crippen molar-refractivity contribution in [3.63, 3.8) is 0 Å². The number of hydrogen-bond donors (Lipinski definition) is 2. The first-order valence-corrected chi connectivity index (χ1v) is 8.79. The quantitative estimate of drug-likeness (QED) is 0.505. The van der Waals surface area contributed by atoms with Gasteiger partial charge in [-0.25, -0.2) is 4.79 Å². The number of ether oxygens (including phenoxy) is 2. The number of halogens is 2. The standard InChI is InChI=1S/C19H22F2O7/c1-10-5-3-7-12(22)17(25)13(23)8-4-6-11-16(18(26)28-10)14(24)9-15(27-2)19(11,20)21/h4,6,9-10,13,17,23,25H,3,5,7-8H2,1-2H3/b6-4+/t10-,13-,17+/m0/s1. The molecule has 0 unspecified atom stereocenters. The summed E-state index contributed by atoms with van der Waals surface area (Å²) in [5.41, 5.74) is -1.75. The van der Waals surface area contributed by atoms with Crippen LogP contribution in [0.25, 0.3) is 0 Å². The van der Waals surface area contributed by atoms with Crippen LogP contribution in [0.2, 0.25) is 0 Å². The normalized spacial score (nSPS) is 30.7. The van der Waals surface area contributed by atoms with Crippen molar-refractivity contribution in [3.8, 4) is 0 Å². The third kappa shape index (κ3) is 4.53. The van der Waals surface area contributed by atoms with Crippen LogP contribution < -0.4 is 0 Å². The number of allylic oxidation sites excluding steroid dienone is 3. The lowest BCUT2D eigenvalue weighted by molar-refractivity contribution is -0.145. The Kier molecular flexibility index (Phi) is 6.84. The monoisotopic (exact) mass is 400 g/mol. The number of aliphatic hydroxyl groups is 2. The van der Waals surface area contributed by atoms with Crippen LogP contribution in [-0.4, -0.2) is 59.1 Å². The molecule has 2 rings (SSSR count). The number of rotatable bonds is 1. The molecule has 154 valence electrons. The predicted octanol–water partition coefficient (Wildman–Crippen LogP) is 1.38. The second kappa shape index (κ2) is 8.74. The first-order valence-electron chi connectivity index (χ1n) is 8.79. The largest absolute Gasteiger partial charge is 0.494 e. The van der Waals surface area contributed by atoms with Gasteiger partial charge in [-0.1, -0.05) is 12.2 Å². The van der Waals surface area contributed by atoms with Crippen molar-refractivity contribution in [3.05, 3.63) is 35.1 Å². The van der Waals surface area contributed by atoms with Crippen molar-refractivity contribution < 1.29 is 42.9 Å². The Labute approximate surface area is 160 Å². The van der Waals surface area contributed by atoms with Crippen molar-refractivity contribution in [1.82, 2.24) is 0 Å². The van der Waals surface area contributed by atoms with Crippen LogP contribution in [0.4, 0.5) is 8.78 Å². The summed E-state index contributed by atoms with van der Waals surface area (Å²) in [4.78, 5) is 36.6. The summed E-state index contributed by atoms with van der Waals surface area (Å²) in [6.45, 7) is 1.50. The van der Waals surface area contributed by atoms with E-state index in [9.17, 15) is 33.4 Å². The summed E-state index contributed by atoms with van der Waals surface area (Å²) in [5.74, 6) is -7.50. The minimum absolute atomic E-state index is 0.0469. The van der Waals surface area contributed by atoms with Crippen molar-refractivity contribution >= 4 is 17.5 Å². The molecule has 1 aliphatic carbocycles. The summed E-state index contributed by atoms with van der Waals surface area (Å²) < 4.78 is 39.1. The summed E-state index contributed by atoms with van der Waals surface area (Å²) in [6.07, 6.45) is -1.46. The molecule has 2 N–H and O–H groups in total. The molecule has 1 heterocycles. The molecular weight excluding hydrogens is 378 g/mol. The van der Waals surface area contributed by atoms with Gasteiger partial charge in [-0.05, 0) is 26.2 Å². The van der Waals surface area contributed by atoms with Gasteiger partial charge in [-0.3, -0.25) is 9.59 Å². The van der Waals surface area contributed by atoms with Crippen LogP contribution in [0.3, 0.4) is 0 Å². The minimum Gasteiger partial charge on any atom is -0.494 e. The first kappa shape index (κ1) is 21.9. The Balaban J connectivity index is 2.50. The summed E-state index contributed by atoms with van der Waals surface area (Å²) >= 11 is 0. The summed E-state index contributed by atoms with van der Waals surface area (Å²) in [6, 6.07) is 0. The molecule has 0 aromatic heterocycles. The van der Waals surface area contributed by atoms with Crippen molar-refractivity contribution in [1.29, 1.82) is 0 Å². The average Bonchev–Trinajstić information content (AvgIpc) is 2.62. The van der Waals surface area contributed by atoms with Gasteiger partial charge in [0.05, 0.1) is 19.3 Å². The highest BCUT2D eigenvalue weighted by Crippen LogP contribution is 2.39. The van der Waals surface area contributed by atoms with Gasteiger partial charge in [0.15, 0.2) is 17.3 Å². The van der Waals surface area contributed by atoms with Gasteiger partial charge in [0.1, 0.15) is 11.7 Å². The fourth-order valence-electron chi connectivity index (χ4n) is 2.97. The average molecular weight is 400 g/mol. The lowest BCUT2D eigenvalue weighted by Gasteiger charge is -2.26. The number of cyclic esters (lactones) is 1. The molecule has 2 aliphatic rings. The second-order valence-electron chi connectivity index (χ2n) is 6.66. The topological polar surface area (TPSA) is 110 Å². The molecule has 0 bridgehead atoms. The van der Waals surface area contributed by atoms with E-state index in [2.05, 4.69) is 4.74 Å². The molecule has 0 radical (unpaired) electrons. The third-order valence-corrected chi connectivity index (χ3v) is 4.55. The Morgan fingerprint density at radius 1 is 1.25 bits per heavy atom. The van der Waals surface area contributed by atoms with Crippen LogP contribution in [0.5, 0.6) is 0 Å². The lowest BCUT2D eigenvalue weighted by atomic mass is 9.90. The van der Waals surface area contributed by atoms with Crippen molar-refractivity contribution in [2.24, 2.45) is 0 Å². The summed E-state index contributed by atoms with van der Waals surface area (Å²) in [5, 5.41) is 19.8. The van der Waals surface area contributed by atoms with Crippen LogP contribution >= 0.6 is 0 Å². The molecule has 0 fully saturated rings. The Morgan fingerprint density at radius 3 is 2.57 bits per heavy atom. The smallest absolute Gasteiger partial charge is 0.342 e. The molecule has 0 spiro atoms. The number of hydrogen-bond acceptors (Lipinski definition) is 7. The predicted molar refractivity (Wildman–Crippen MR) is 92.3 cm³/mol. The molecule has 0 saturated heterocycles. The third-order valence-electron chi connectivity index (χ3n) is 4.55. The van der Waals surface area contributed by atoms with E-state index < -0.39 is 58.7 Å². The maximum atomic E-state index is 14.7. The number of methoxy groups -OCH3 is 1. The van der Waals surface area contributed by atoms with E-state index in [4.69, 9.17) is 4.74 Å². The number of carbonyl (C=O) groups is 3. The maximum absolute atomic E-state index is 14.7. The van der Waals surface area contributed by atoms with Crippen LogP contribution in [-0.2, 0) is 23.9 Å². The van der Waals surface area contributed by atoms with E-state index in [0.717, 1.165) is 19.3 Å². The zero-order valence-corrected chi connectivity index (χ0v) is 15.5. The molecule has 7 nitrogen and oxygen atoms in total. The Bertz CT molecular complexity index is 751. The van der Waals surface area contributed by atoms with Gasteiger partial charge >= 0.3 is 11.9 Å². The van der Waals surface area contributed by atoms with Gasteiger partial charge < -0.3 is 19.7 Å². The summed E-state index contributed by atoms with van der Waals surface area (Å²) in [7, 11) is 0.970. The minimum atomic E-state index is -3.78. The fourth-order valence-corrected chi connectivity index (χ4v) is 2.97. The number of esters is 1. The van der Waals surface area contributed by atoms with Gasteiger partial charge in [-0.15, -0.1) is 0 Å². The van der Waals surface area contributed by atoms with Crippen molar-refractivity contribution in [2.45, 2.75) is 56.8 Å². The Morgan fingerprint density at radius 2 is 1.93 bits per heavy atom. The van der Waals surface area contributed by atoms with Gasteiger partial charge in [0.2, 0.25) is 0 Å². The highest BCUT2D eigenvalue weighted by molar-refractivity contribution is 6.23. The molecule has 0 saturated carbocycles. The molecule has 3 atom stereocenters. The lowest BCUT2D eigenvalue weighted by Crippen LogP contribution is -2.35. The molecular formula is C19H22F2O7. The highest BCUT2D eigenvalue weighted by Gasteiger charge is 2.47. The van der Waals surface area contributed by atoms with Gasteiger partial charge in [0, 0.05) is 18.1 Å². The van der Waals surface area contributed by atoms with E-state index >= 15 is 0 Å². The molecule has 28 heavy (non-hydrogen) atoms. The molecule has 1 aliphatic heterocycles. The number of ketones is 2. The molecule has 0 aromatic carbocycles. The van der Waals surface area contributed by atoms with E-state index in [1.54, 1.807) is 0 Å². The van der Waals surface area contributed by atoms with Gasteiger partial charge in [-0.2, -0.15) is 8.78 Å². The second-order valence-corrected chi connectivity index (χ2v) is 6.66. The highest BCUT2D eigenvalue weighted by atomic mass is 19.3. The number of carbonyl (C=O) groups excluding carboxylic acids is 3. The Hall–Kier alpha value is -2.39. The fraction of sp³-hybridized carbons (Fsp3) is 0.526. The van der Waals surface area contributed by atoms with Crippen molar-refractivity contribution in [2.75, 3.05) is 7.11 Å². The van der Waals surface area contributed by atoms with Crippen LogP contribution in [0, 0.1) is 0 Å². The maximum Gasteiger partial charge on any atom is 0.342 e. The zero-order valence-electron chi connectivity index (χ0n) is 15.5. The number of aliphatic hydroxyl groups excluding tert-OH is 2. The van der Waals surface area contributed by atoms with E-state index in [1.165, 1.54) is 6.92 Å². The van der Waals surface area contributed by atoms with E-state index in [-0.39, 0.29) is 25.7 Å². The van der Waals surface area contributed by atoms with E-state index in [0.29, 0.717) is 6.08 Å². The molecule has 0 amide bonds.